The number of fused-ring (bicyclic) bond motifs is 4. The minimum Gasteiger partial charge on any atom is -0.506 e. The summed E-state index contributed by atoms with van der Waals surface area (Å²) in [5, 5.41) is 12.8. The van der Waals surface area contributed by atoms with Crippen LogP contribution in [0, 0.1) is 6.07 Å². The van der Waals surface area contributed by atoms with E-state index in [1.807, 2.05) is 18.3 Å². The Balaban J connectivity index is 0.00000337. The van der Waals surface area contributed by atoms with E-state index in [4.69, 9.17) is 9.72 Å². The summed E-state index contributed by atoms with van der Waals surface area (Å²) in [5.74, 6) is 2.71. The zero-order chi connectivity index (χ0) is 28.1. The van der Waals surface area contributed by atoms with Crippen LogP contribution < -0.4 is 4.74 Å². The van der Waals surface area contributed by atoms with E-state index in [1.54, 1.807) is 12.3 Å². The molecule has 0 bridgehead atoms. The Bertz CT molecular complexity index is 1890. The van der Waals surface area contributed by atoms with E-state index >= 15 is 0 Å². The minimum atomic E-state index is 0. The Hall–Kier alpha value is -3.76. The summed E-state index contributed by atoms with van der Waals surface area (Å²) in [4.78, 5) is 14.0. The number of phenols is 1. The van der Waals surface area contributed by atoms with Crippen LogP contribution in [0.1, 0.15) is 76.0 Å². The van der Waals surface area contributed by atoms with Crippen LogP contribution in [-0.4, -0.2) is 24.6 Å². The SMILES string of the molecule is CC(C)c1ccnc(-n2c3[c-]c(Oc4cnc5c(C(C)C)ccc(O)c5n4)ccc3c3c(C(C)C)cccc32)c1.[Pt]. The van der Waals surface area contributed by atoms with Crippen LogP contribution in [-0.2, 0) is 21.1 Å². The fraction of sp³-hybridized carbons (Fsp3) is 0.265. The number of aromatic hydroxyl groups is 1. The largest absolute Gasteiger partial charge is 0.506 e. The van der Waals surface area contributed by atoms with Crippen molar-refractivity contribution in [3.05, 3.63) is 89.7 Å². The fourth-order valence-corrected chi connectivity index (χ4v) is 5.41. The summed E-state index contributed by atoms with van der Waals surface area (Å²) in [6, 6.07) is 21.7. The standard InChI is InChI=1S/C34H33N4O2.Pt/c1-19(2)22-14-15-35-30(16-22)38-27-9-7-8-24(20(3)4)32(27)26-11-10-23(17-28(26)38)40-31-18-36-33-25(21(5)6)12-13-29(39)34(33)37-31;/h7-16,18-21,39H,1-6H3;/q-1;. The second-order valence-electron chi connectivity index (χ2n) is 11.3. The van der Waals surface area contributed by atoms with E-state index in [-0.39, 0.29) is 32.7 Å². The van der Waals surface area contributed by atoms with Gasteiger partial charge in [0.05, 0.1) is 11.7 Å². The van der Waals surface area contributed by atoms with Gasteiger partial charge >= 0.3 is 0 Å². The van der Waals surface area contributed by atoms with Gasteiger partial charge in [-0.25, -0.2) is 15.0 Å². The number of aromatic nitrogens is 4. The monoisotopic (exact) mass is 724 g/mol. The smallest absolute Gasteiger partial charge is 0.236 e. The number of hydrogen-bond acceptors (Lipinski definition) is 5. The van der Waals surface area contributed by atoms with Crippen LogP contribution in [0.4, 0.5) is 0 Å². The molecule has 41 heavy (non-hydrogen) atoms. The van der Waals surface area contributed by atoms with E-state index in [0.717, 1.165) is 27.8 Å². The maximum absolute atomic E-state index is 10.5. The van der Waals surface area contributed by atoms with Crippen LogP contribution in [0.3, 0.4) is 0 Å². The first-order valence-electron chi connectivity index (χ1n) is 13.8. The van der Waals surface area contributed by atoms with Gasteiger partial charge in [-0.05, 0) is 64.1 Å². The molecule has 1 N–H and O–H groups in total. The zero-order valence-electron chi connectivity index (χ0n) is 24.0. The number of benzene rings is 3. The minimum absolute atomic E-state index is 0. The van der Waals surface area contributed by atoms with Crippen molar-refractivity contribution < 1.29 is 30.9 Å². The molecule has 3 aromatic carbocycles. The molecule has 0 fully saturated rings. The number of nitrogens with zero attached hydrogens (tertiary/aromatic N) is 4. The van der Waals surface area contributed by atoms with Gasteiger partial charge in [0.2, 0.25) is 5.88 Å². The number of pyridine rings is 1. The topological polar surface area (TPSA) is 73.1 Å². The molecule has 0 spiro atoms. The average Bonchev–Trinajstić information content (AvgIpc) is 3.27. The Labute approximate surface area is 254 Å². The summed E-state index contributed by atoms with van der Waals surface area (Å²) in [6.07, 6.45) is 3.48. The Morgan fingerprint density at radius 1 is 0.829 bits per heavy atom. The molecule has 6 nitrogen and oxygen atoms in total. The Morgan fingerprint density at radius 2 is 1.61 bits per heavy atom. The number of ether oxygens (including phenoxy) is 1. The van der Waals surface area contributed by atoms with Crippen molar-refractivity contribution in [2.75, 3.05) is 0 Å². The molecule has 6 rings (SSSR count). The third-order valence-corrected chi connectivity index (χ3v) is 7.52. The van der Waals surface area contributed by atoms with Crippen LogP contribution in [0.25, 0.3) is 38.7 Å². The molecule has 7 heteroatoms. The molecule has 6 aromatic rings. The molecule has 3 aromatic heterocycles. The summed E-state index contributed by atoms with van der Waals surface area (Å²) in [5.41, 5.74) is 6.60. The van der Waals surface area contributed by atoms with Crippen LogP contribution in [0.2, 0.25) is 0 Å². The number of rotatable bonds is 6. The molecule has 0 amide bonds. The van der Waals surface area contributed by atoms with Crippen molar-refractivity contribution in [3.63, 3.8) is 0 Å². The van der Waals surface area contributed by atoms with Gasteiger partial charge in [0.1, 0.15) is 17.1 Å². The molecular formula is C34H33N4O2Pt-. The quantitative estimate of drug-likeness (QED) is 0.174. The predicted octanol–water partition coefficient (Wildman–Crippen LogP) is 8.79. The second-order valence-corrected chi connectivity index (χ2v) is 11.3. The van der Waals surface area contributed by atoms with Crippen LogP contribution >= 0.6 is 0 Å². The third-order valence-electron chi connectivity index (χ3n) is 7.52. The van der Waals surface area contributed by atoms with Gasteiger partial charge in [-0.15, -0.1) is 17.5 Å². The van der Waals surface area contributed by atoms with E-state index in [0.29, 0.717) is 34.5 Å². The van der Waals surface area contributed by atoms with Gasteiger partial charge in [0.15, 0.2) is 0 Å². The zero-order valence-corrected chi connectivity index (χ0v) is 26.3. The first kappa shape index (κ1) is 28.8. The molecule has 212 valence electrons. The summed E-state index contributed by atoms with van der Waals surface area (Å²) >= 11 is 0. The maximum atomic E-state index is 10.5. The van der Waals surface area contributed by atoms with Crippen molar-refractivity contribution in [2.45, 2.75) is 59.3 Å². The normalized spacial score (nSPS) is 11.7. The van der Waals surface area contributed by atoms with Gasteiger partial charge < -0.3 is 14.4 Å². The molecule has 0 atom stereocenters. The molecule has 3 heterocycles. The van der Waals surface area contributed by atoms with Gasteiger partial charge in [0, 0.05) is 38.5 Å². The van der Waals surface area contributed by atoms with E-state index in [9.17, 15) is 5.11 Å². The van der Waals surface area contributed by atoms with Crippen molar-refractivity contribution in [3.8, 4) is 23.2 Å². The fourth-order valence-electron chi connectivity index (χ4n) is 5.41. The summed E-state index contributed by atoms with van der Waals surface area (Å²) in [6.45, 7) is 13.0. The molecule has 0 radical (unpaired) electrons. The molecular weight excluding hydrogens is 691 g/mol. The first-order valence-corrected chi connectivity index (χ1v) is 13.8. The van der Waals surface area contributed by atoms with Gasteiger partial charge in [-0.1, -0.05) is 65.3 Å². The maximum Gasteiger partial charge on any atom is 0.236 e. The molecule has 0 saturated carbocycles. The van der Waals surface area contributed by atoms with Crippen LogP contribution in [0.15, 0.2) is 67.0 Å². The van der Waals surface area contributed by atoms with Gasteiger partial charge in [-0.2, -0.15) is 6.07 Å². The predicted molar refractivity (Wildman–Crippen MR) is 161 cm³/mol. The van der Waals surface area contributed by atoms with E-state index in [1.165, 1.54) is 16.5 Å². The van der Waals surface area contributed by atoms with Gasteiger partial charge in [-0.3, -0.25) is 0 Å². The van der Waals surface area contributed by atoms with E-state index in [2.05, 4.69) is 98.5 Å². The Kier molecular flexibility index (Phi) is 7.89. The third kappa shape index (κ3) is 5.10. The van der Waals surface area contributed by atoms with E-state index < -0.39 is 0 Å². The van der Waals surface area contributed by atoms with Crippen molar-refractivity contribution in [1.82, 2.24) is 19.5 Å². The number of hydrogen-bond donors (Lipinski definition) is 1. The molecule has 0 aliphatic heterocycles. The first-order chi connectivity index (χ1) is 19.2. The average molecular weight is 725 g/mol. The van der Waals surface area contributed by atoms with Crippen molar-refractivity contribution in [2.24, 2.45) is 0 Å². The summed E-state index contributed by atoms with van der Waals surface area (Å²) < 4.78 is 8.37. The molecule has 0 aliphatic carbocycles. The molecule has 0 aliphatic rings. The van der Waals surface area contributed by atoms with Crippen LogP contribution in [0.5, 0.6) is 17.4 Å². The second kappa shape index (κ2) is 11.3. The number of phenolic OH excluding ortho intramolecular Hbond substituents is 1. The van der Waals surface area contributed by atoms with Crippen molar-refractivity contribution >= 4 is 32.8 Å². The van der Waals surface area contributed by atoms with Gasteiger partial charge in [0.25, 0.3) is 0 Å². The Morgan fingerprint density at radius 3 is 2.34 bits per heavy atom. The molecule has 0 saturated heterocycles. The summed E-state index contributed by atoms with van der Waals surface area (Å²) in [7, 11) is 0. The van der Waals surface area contributed by atoms with Crippen molar-refractivity contribution in [1.29, 1.82) is 0 Å². The molecule has 0 unspecified atom stereocenters.